The van der Waals surface area contributed by atoms with Crippen LogP contribution in [0.1, 0.15) is 16.3 Å². The quantitative estimate of drug-likeness (QED) is 0.711. The molecule has 2 aromatic heterocycles. The van der Waals surface area contributed by atoms with Gasteiger partial charge < -0.3 is 4.98 Å². The summed E-state index contributed by atoms with van der Waals surface area (Å²) in [6, 6.07) is 11.7. The Kier molecular flexibility index (Phi) is 2.61. The van der Waals surface area contributed by atoms with E-state index in [1.165, 1.54) is 0 Å². The zero-order chi connectivity index (χ0) is 12.4. The van der Waals surface area contributed by atoms with E-state index in [0.717, 1.165) is 16.6 Å². The third kappa shape index (κ3) is 2.00. The van der Waals surface area contributed by atoms with Crippen molar-refractivity contribution in [2.24, 2.45) is 0 Å². The molecule has 2 heterocycles. The number of H-pyrrole nitrogens is 1. The van der Waals surface area contributed by atoms with Crippen LogP contribution in [0.5, 0.6) is 0 Å². The van der Waals surface area contributed by atoms with Crippen LogP contribution < -0.4 is 0 Å². The average Bonchev–Trinajstić information content (AvgIpc) is 2.92. The number of aromatic nitrogens is 3. The maximum absolute atomic E-state index is 11.9. The molecule has 0 fully saturated rings. The Labute approximate surface area is 104 Å². The fraction of sp³-hybridized carbons (Fsp3) is 0.0714. The zero-order valence-corrected chi connectivity index (χ0v) is 9.63. The molecule has 0 radical (unpaired) electrons. The van der Waals surface area contributed by atoms with Crippen molar-refractivity contribution in [3.8, 4) is 0 Å². The molecule has 88 valence electrons. The van der Waals surface area contributed by atoms with E-state index in [9.17, 15) is 4.79 Å². The van der Waals surface area contributed by atoms with E-state index < -0.39 is 0 Å². The summed E-state index contributed by atoms with van der Waals surface area (Å²) in [6.45, 7) is 0. The number of aromatic amines is 1. The molecule has 0 amide bonds. The van der Waals surface area contributed by atoms with Crippen molar-refractivity contribution < 1.29 is 4.79 Å². The van der Waals surface area contributed by atoms with Crippen LogP contribution in [-0.2, 0) is 6.42 Å². The Morgan fingerprint density at radius 2 is 2.06 bits per heavy atom. The number of hydrogen-bond donors (Lipinski definition) is 1. The second-order valence-electron chi connectivity index (χ2n) is 4.03. The predicted octanol–water partition coefficient (Wildman–Crippen LogP) is 2.38. The van der Waals surface area contributed by atoms with E-state index in [1.807, 2.05) is 36.4 Å². The Hall–Kier alpha value is -2.49. The summed E-state index contributed by atoms with van der Waals surface area (Å²) in [5.74, 6) is 0.327. The minimum absolute atomic E-state index is 0.0530. The Bertz CT molecular complexity index is 689. The normalized spacial score (nSPS) is 10.7. The summed E-state index contributed by atoms with van der Waals surface area (Å²) >= 11 is 0. The highest BCUT2D eigenvalue weighted by Gasteiger charge is 2.10. The summed E-state index contributed by atoms with van der Waals surface area (Å²) in [7, 11) is 0. The summed E-state index contributed by atoms with van der Waals surface area (Å²) in [5.41, 5.74) is 1.66. The van der Waals surface area contributed by atoms with E-state index in [4.69, 9.17) is 0 Å². The van der Waals surface area contributed by atoms with Crippen molar-refractivity contribution in [1.82, 2.24) is 15.0 Å². The van der Waals surface area contributed by atoms with Gasteiger partial charge in [0.1, 0.15) is 0 Å². The molecule has 1 N–H and O–H groups in total. The summed E-state index contributed by atoms with van der Waals surface area (Å²) in [6.07, 6.45) is 3.47. The number of pyridine rings is 1. The highest BCUT2D eigenvalue weighted by atomic mass is 16.1. The van der Waals surface area contributed by atoms with E-state index in [-0.39, 0.29) is 12.2 Å². The van der Waals surface area contributed by atoms with Crippen LogP contribution in [0.15, 0.2) is 48.8 Å². The SMILES string of the molecule is O=C(Cc1ccc2ccccc2n1)c1ncc[nH]1. The number of carbonyl (C=O) groups excluding carboxylic acids is 1. The lowest BCUT2D eigenvalue weighted by Crippen LogP contribution is -2.06. The Balaban J connectivity index is 1.89. The number of fused-ring (bicyclic) bond motifs is 1. The molecular formula is C14H11N3O. The summed E-state index contributed by atoms with van der Waals surface area (Å²) in [4.78, 5) is 23.1. The molecule has 0 atom stereocenters. The molecule has 0 spiro atoms. The number of nitrogens with zero attached hydrogens (tertiary/aromatic N) is 2. The van der Waals surface area contributed by atoms with Crippen LogP contribution in [-0.4, -0.2) is 20.7 Å². The smallest absolute Gasteiger partial charge is 0.203 e. The fourth-order valence-corrected chi connectivity index (χ4v) is 1.87. The summed E-state index contributed by atoms with van der Waals surface area (Å²) < 4.78 is 0. The first-order valence-corrected chi connectivity index (χ1v) is 5.70. The van der Waals surface area contributed by atoms with Crippen LogP contribution >= 0.6 is 0 Å². The van der Waals surface area contributed by atoms with Gasteiger partial charge in [-0.2, -0.15) is 0 Å². The maximum Gasteiger partial charge on any atom is 0.203 e. The van der Waals surface area contributed by atoms with Crippen LogP contribution in [0.3, 0.4) is 0 Å². The average molecular weight is 237 g/mol. The van der Waals surface area contributed by atoms with Gasteiger partial charge in [-0.15, -0.1) is 0 Å². The van der Waals surface area contributed by atoms with Crippen molar-refractivity contribution >= 4 is 16.7 Å². The number of rotatable bonds is 3. The second kappa shape index (κ2) is 4.41. The van der Waals surface area contributed by atoms with Gasteiger partial charge in [0, 0.05) is 23.5 Å². The molecule has 0 aliphatic carbocycles. The van der Waals surface area contributed by atoms with Gasteiger partial charge in [-0.25, -0.2) is 4.98 Å². The van der Waals surface area contributed by atoms with Crippen molar-refractivity contribution in [1.29, 1.82) is 0 Å². The molecule has 0 aliphatic rings. The van der Waals surface area contributed by atoms with E-state index in [0.29, 0.717) is 5.82 Å². The molecule has 0 bridgehead atoms. The second-order valence-corrected chi connectivity index (χ2v) is 4.03. The largest absolute Gasteiger partial charge is 0.342 e. The monoisotopic (exact) mass is 237 g/mol. The van der Waals surface area contributed by atoms with Crippen LogP contribution in [0, 0.1) is 0 Å². The van der Waals surface area contributed by atoms with Gasteiger partial charge in [-0.05, 0) is 12.1 Å². The number of benzene rings is 1. The number of carbonyl (C=O) groups is 1. The van der Waals surface area contributed by atoms with Gasteiger partial charge >= 0.3 is 0 Å². The van der Waals surface area contributed by atoms with Crippen LogP contribution in [0.25, 0.3) is 10.9 Å². The number of Topliss-reactive ketones (excluding diaryl/α,β-unsaturated/α-hetero) is 1. The minimum Gasteiger partial charge on any atom is -0.342 e. The van der Waals surface area contributed by atoms with Gasteiger partial charge in [0.15, 0.2) is 5.82 Å². The van der Waals surface area contributed by atoms with Gasteiger partial charge in [0.2, 0.25) is 5.78 Å². The van der Waals surface area contributed by atoms with E-state index >= 15 is 0 Å². The van der Waals surface area contributed by atoms with Gasteiger partial charge in [0.25, 0.3) is 0 Å². The topological polar surface area (TPSA) is 58.6 Å². The first-order valence-electron chi connectivity index (χ1n) is 5.70. The molecule has 0 saturated carbocycles. The zero-order valence-electron chi connectivity index (χ0n) is 9.63. The molecular weight excluding hydrogens is 226 g/mol. The lowest BCUT2D eigenvalue weighted by Gasteiger charge is -2.01. The van der Waals surface area contributed by atoms with Gasteiger partial charge in [-0.3, -0.25) is 9.78 Å². The number of nitrogens with one attached hydrogen (secondary N) is 1. The number of para-hydroxylation sites is 1. The standard InChI is InChI=1S/C14H11N3O/c18-13(14-15-7-8-16-14)9-11-6-5-10-3-1-2-4-12(10)17-11/h1-8H,9H2,(H,15,16). The van der Waals surface area contributed by atoms with Gasteiger partial charge in [-0.1, -0.05) is 24.3 Å². The van der Waals surface area contributed by atoms with E-state index in [2.05, 4.69) is 15.0 Å². The molecule has 3 aromatic rings. The molecule has 4 heteroatoms. The number of ketones is 1. The minimum atomic E-state index is -0.0530. The predicted molar refractivity (Wildman–Crippen MR) is 68.4 cm³/mol. The molecule has 4 nitrogen and oxygen atoms in total. The third-order valence-electron chi connectivity index (χ3n) is 2.76. The van der Waals surface area contributed by atoms with Crippen LogP contribution in [0.4, 0.5) is 0 Å². The van der Waals surface area contributed by atoms with E-state index in [1.54, 1.807) is 12.4 Å². The Morgan fingerprint density at radius 1 is 1.17 bits per heavy atom. The van der Waals surface area contributed by atoms with Crippen molar-refractivity contribution in [3.63, 3.8) is 0 Å². The fourth-order valence-electron chi connectivity index (χ4n) is 1.87. The molecule has 3 rings (SSSR count). The molecule has 0 unspecified atom stereocenters. The summed E-state index contributed by atoms with van der Waals surface area (Å²) in [5, 5.41) is 1.08. The van der Waals surface area contributed by atoms with Gasteiger partial charge in [0.05, 0.1) is 11.9 Å². The third-order valence-corrected chi connectivity index (χ3v) is 2.76. The molecule has 1 aromatic carbocycles. The number of hydrogen-bond acceptors (Lipinski definition) is 3. The lowest BCUT2D eigenvalue weighted by atomic mass is 10.1. The number of imidazole rings is 1. The molecule has 0 saturated heterocycles. The first-order chi connectivity index (χ1) is 8.83. The first kappa shape index (κ1) is 10.7. The Morgan fingerprint density at radius 3 is 2.89 bits per heavy atom. The highest BCUT2D eigenvalue weighted by molar-refractivity contribution is 5.94. The van der Waals surface area contributed by atoms with Crippen LogP contribution in [0.2, 0.25) is 0 Å². The molecule has 18 heavy (non-hydrogen) atoms. The lowest BCUT2D eigenvalue weighted by molar-refractivity contribution is 0.0983. The van der Waals surface area contributed by atoms with Crippen molar-refractivity contribution in [3.05, 3.63) is 60.3 Å². The molecule has 0 aliphatic heterocycles. The van der Waals surface area contributed by atoms with Crippen molar-refractivity contribution in [2.45, 2.75) is 6.42 Å². The maximum atomic E-state index is 11.9. The van der Waals surface area contributed by atoms with Crippen molar-refractivity contribution in [2.75, 3.05) is 0 Å². The highest BCUT2D eigenvalue weighted by Crippen LogP contribution is 2.12.